The second kappa shape index (κ2) is 6.34. The Kier molecular flexibility index (Phi) is 4.22. The number of amides is 1. The predicted molar refractivity (Wildman–Crippen MR) is 86.1 cm³/mol. The van der Waals surface area contributed by atoms with E-state index >= 15 is 0 Å². The van der Waals surface area contributed by atoms with Crippen LogP contribution < -0.4 is 0 Å². The molecule has 9 heteroatoms. The van der Waals surface area contributed by atoms with Gasteiger partial charge in [0.2, 0.25) is 11.7 Å². The third-order valence-corrected chi connectivity index (χ3v) is 4.27. The number of fused-ring (bicyclic) bond motifs is 1. The van der Waals surface area contributed by atoms with Crippen LogP contribution in [0.2, 0.25) is 0 Å². The van der Waals surface area contributed by atoms with Gasteiger partial charge >= 0.3 is 11.8 Å². The molecule has 1 aromatic heterocycles. The summed E-state index contributed by atoms with van der Waals surface area (Å²) in [4.78, 5) is 39.2. The lowest BCUT2D eigenvalue weighted by molar-refractivity contribution is -0.389. The molecule has 1 amide bonds. The van der Waals surface area contributed by atoms with E-state index in [9.17, 15) is 19.7 Å². The summed E-state index contributed by atoms with van der Waals surface area (Å²) in [6, 6.07) is 4.93. The van der Waals surface area contributed by atoms with E-state index in [2.05, 4.69) is 4.98 Å². The summed E-state index contributed by atoms with van der Waals surface area (Å²) in [5.41, 5.74) is 2.03. The molecule has 0 radical (unpaired) electrons. The molecule has 1 aliphatic rings. The van der Waals surface area contributed by atoms with Gasteiger partial charge in [-0.1, -0.05) is 6.07 Å². The Labute approximate surface area is 142 Å². The number of rotatable bonds is 4. The van der Waals surface area contributed by atoms with Crippen molar-refractivity contribution in [3.8, 4) is 0 Å². The number of hydrogen-bond donors (Lipinski definition) is 1. The lowest BCUT2D eigenvalue weighted by Crippen LogP contribution is -2.38. The van der Waals surface area contributed by atoms with Crippen molar-refractivity contribution >= 4 is 17.7 Å². The number of imidazole rings is 1. The summed E-state index contributed by atoms with van der Waals surface area (Å²) in [6.45, 7) is 2.41. The zero-order chi connectivity index (χ0) is 18.1. The van der Waals surface area contributed by atoms with Crippen LogP contribution in [0.5, 0.6) is 0 Å². The van der Waals surface area contributed by atoms with Gasteiger partial charge in [-0.3, -0.25) is 9.36 Å². The van der Waals surface area contributed by atoms with Crippen LogP contribution in [-0.4, -0.2) is 42.9 Å². The topological polar surface area (TPSA) is 119 Å². The van der Waals surface area contributed by atoms with E-state index in [4.69, 9.17) is 5.11 Å². The smallest absolute Gasteiger partial charge is 0.381 e. The summed E-state index contributed by atoms with van der Waals surface area (Å²) < 4.78 is 1.45. The Morgan fingerprint density at radius 1 is 1.36 bits per heavy atom. The highest BCUT2D eigenvalue weighted by atomic mass is 16.6. The van der Waals surface area contributed by atoms with Crippen molar-refractivity contribution in [3.05, 3.63) is 57.0 Å². The SMILES string of the molecule is Cc1nc([N+](=O)[O-])cn1CC(=O)N1CCc2ccc(C(=O)O)cc2C1. The van der Waals surface area contributed by atoms with E-state index < -0.39 is 10.9 Å². The molecule has 130 valence electrons. The number of nitrogens with zero attached hydrogens (tertiary/aromatic N) is 4. The Morgan fingerprint density at radius 2 is 2.12 bits per heavy atom. The van der Waals surface area contributed by atoms with Crippen LogP contribution in [0.15, 0.2) is 24.4 Å². The number of aryl methyl sites for hydroxylation is 1. The molecule has 1 aliphatic heterocycles. The highest BCUT2D eigenvalue weighted by Gasteiger charge is 2.24. The third kappa shape index (κ3) is 3.35. The van der Waals surface area contributed by atoms with Gasteiger partial charge in [0, 0.05) is 20.0 Å². The first-order valence-electron chi connectivity index (χ1n) is 7.66. The van der Waals surface area contributed by atoms with Crippen molar-refractivity contribution in [2.24, 2.45) is 0 Å². The summed E-state index contributed by atoms with van der Waals surface area (Å²) >= 11 is 0. The summed E-state index contributed by atoms with van der Waals surface area (Å²) in [5.74, 6) is -1.10. The molecule has 2 heterocycles. The number of benzene rings is 1. The standard InChI is InChI=1S/C16H16N4O5/c1-10-17-14(20(24)25)8-19(10)9-15(21)18-5-4-11-2-3-12(16(22)23)6-13(11)7-18/h2-3,6,8H,4-5,7,9H2,1H3,(H,22,23). The molecule has 0 saturated carbocycles. The maximum absolute atomic E-state index is 12.5. The minimum atomic E-state index is -1.01. The highest BCUT2D eigenvalue weighted by Crippen LogP contribution is 2.21. The normalized spacial score (nSPS) is 13.4. The molecule has 0 saturated heterocycles. The summed E-state index contributed by atoms with van der Waals surface area (Å²) in [6.07, 6.45) is 1.89. The van der Waals surface area contributed by atoms with Crippen molar-refractivity contribution in [2.75, 3.05) is 6.54 Å². The fourth-order valence-electron chi connectivity index (χ4n) is 2.89. The van der Waals surface area contributed by atoms with Crippen LogP contribution in [0.1, 0.15) is 27.3 Å². The Bertz CT molecular complexity index is 873. The molecule has 0 bridgehead atoms. The number of aromatic nitrogens is 2. The summed E-state index contributed by atoms with van der Waals surface area (Å²) in [5, 5.41) is 19.9. The minimum Gasteiger partial charge on any atom is -0.478 e. The zero-order valence-corrected chi connectivity index (χ0v) is 13.5. The molecular formula is C16H16N4O5. The number of hydrogen-bond acceptors (Lipinski definition) is 5. The van der Waals surface area contributed by atoms with E-state index in [1.807, 2.05) is 0 Å². The van der Waals surface area contributed by atoms with Crippen LogP contribution in [0.25, 0.3) is 0 Å². The number of carbonyl (C=O) groups excluding carboxylic acids is 1. The van der Waals surface area contributed by atoms with Gasteiger partial charge in [-0.25, -0.2) is 4.79 Å². The first kappa shape index (κ1) is 16.6. The van der Waals surface area contributed by atoms with Crippen molar-refractivity contribution in [3.63, 3.8) is 0 Å². The van der Waals surface area contributed by atoms with E-state index in [-0.39, 0.29) is 23.8 Å². The number of carboxylic acid groups (broad SMARTS) is 1. The van der Waals surface area contributed by atoms with Crippen molar-refractivity contribution in [2.45, 2.75) is 26.4 Å². The maximum atomic E-state index is 12.5. The monoisotopic (exact) mass is 344 g/mol. The van der Waals surface area contributed by atoms with Crippen molar-refractivity contribution < 1.29 is 19.6 Å². The number of carboxylic acids is 1. The molecule has 0 aliphatic carbocycles. The van der Waals surface area contributed by atoms with Crippen LogP contribution in [0, 0.1) is 17.0 Å². The van der Waals surface area contributed by atoms with Crippen LogP contribution in [-0.2, 0) is 24.3 Å². The highest BCUT2D eigenvalue weighted by molar-refractivity contribution is 5.88. The lowest BCUT2D eigenvalue weighted by atomic mass is 9.97. The Balaban J connectivity index is 1.75. The molecule has 0 spiro atoms. The molecule has 1 N–H and O–H groups in total. The van der Waals surface area contributed by atoms with Gasteiger partial charge in [-0.05, 0) is 39.6 Å². The predicted octanol–water partition coefficient (Wildman–Crippen LogP) is 1.38. The van der Waals surface area contributed by atoms with Gasteiger partial charge < -0.3 is 20.1 Å². The Morgan fingerprint density at radius 3 is 2.76 bits per heavy atom. The fourth-order valence-corrected chi connectivity index (χ4v) is 2.89. The van der Waals surface area contributed by atoms with Crippen LogP contribution in [0.4, 0.5) is 5.82 Å². The number of carbonyl (C=O) groups is 2. The van der Waals surface area contributed by atoms with Gasteiger partial charge in [-0.2, -0.15) is 0 Å². The lowest BCUT2D eigenvalue weighted by Gasteiger charge is -2.29. The van der Waals surface area contributed by atoms with Crippen molar-refractivity contribution in [1.82, 2.24) is 14.5 Å². The van der Waals surface area contributed by atoms with E-state index in [1.54, 1.807) is 30.0 Å². The van der Waals surface area contributed by atoms with Crippen LogP contribution in [0.3, 0.4) is 0 Å². The summed E-state index contributed by atoms with van der Waals surface area (Å²) in [7, 11) is 0. The average molecular weight is 344 g/mol. The van der Waals surface area contributed by atoms with Crippen molar-refractivity contribution in [1.29, 1.82) is 0 Å². The second-order valence-corrected chi connectivity index (χ2v) is 5.89. The minimum absolute atomic E-state index is 0.0410. The quantitative estimate of drug-likeness (QED) is 0.661. The van der Waals surface area contributed by atoms with Gasteiger partial charge in [0.1, 0.15) is 12.7 Å². The molecule has 3 rings (SSSR count). The van der Waals surface area contributed by atoms with Gasteiger partial charge in [0.05, 0.1) is 5.56 Å². The zero-order valence-electron chi connectivity index (χ0n) is 13.5. The first-order valence-corrected chi connectivity index (χ1v) is 7.66. The molecule has 0 fully saturated rings. The molecule has 0 unspecified atom stereocenters. The fraction of sp³-hybridized carbons (Fsp3) is 0.312. The Hall–Kier alpha value is -3.23. The van der Waals surface area contributed by atoms with E-state index in [0.717, 1.165) is 11.1 Å². The first-order chi connectivity index (χ1) is 11.8. The third-order valence-electron chi connectivity index (χ3n) is 4.27. The molecule has 25 heavy (non-hydrogen) atoms. The number of nitro groups is 1. The van der Waals surface area contributed by atoms with E-state index in [0.29, 0.717) is 25.3 Å². The van der Waals surface area contributed by atoms with E-state index in [1.165, 1.54) is 10.8 Å². The average Bonchev–Trinajstić information content (AvgIpc) is 2.94. The second-order valence-electron chi connectivity index (χ2n) is 5.89. The maximum Gasteiger partial charge on any atom is 0.381 e. The molecule has 0 atom stereocenters. The van der Waals surface area contributed by atoms with Gasteiger partial charge in [0.15, 0.2) is 0 Å². The number of aromatic carboxylic acids is 1. The van der Waals surface area contributed by atoms with Gasteiger partial charge in [-0.15, -0.1) is 0 Å². The molecule has 2 aromatic rings. The molecule has 1 aromatic carbocycles. The largest absolute Gasteiger partial charge is 0.478 e. The van der Waals surface area contributed by atoms with Gasteiger partial charge in [0.25, 0.3) is 0 Å². The molecular weight excluding hydrogens is 328 g/mol. The molecule has 9 nitrogen and oxygen atoms in total. The van der Waals surface area contributed by atoms with Crippen LogP contribution >= 0.6 is 0 Å².